The van der Waals surface area contributed by atoms with E-state index in [0.29, 0.717) is 5.56 Å². The topological polar surface area (TPSA) is 182 Å². The van der Waals surface area contributed by atoms with Crippen molar-refractivity contribution in [3.8, 4) is 0 Å². The quantitative estimate of drug-likeness (QED) is 0.0430. The van der Waals surface area contributed by atoms with Gasteiger partial charge in [0.1, 0.15) is 18.4 Å². The van der Waals surface area contributed by atoms with Crippen LogP contribution in [0.15, 0.2) is 77.2 Å². The average Bonchev–Trinajstić information content (AvgIpc) is 2.85. The number of non-ortho nitro benzene ring substituents is 1. The number of nitro benzene ring substituents is 1. The lowest BCUT2D eigenvalue weighted by atomic mass is 9.93. The minimum atomic E-state index is -4.08. The average molecular weight is 528 g/mol. The number of benzene rings is 2. The normalized spacial score (nSPS) is 17.9. The Bertz CT molecular complexity index is 1410. The molecule has 37 heavy (non-hydrogen) atoms. The first-order valence-electron chi connectivity index (χ1n) is 10.6. The van der Waals surface area contributed by atoms with Crippen LogP contribution in [-0.4, -0.2) is 48.5 Å². The lowest BCUT2D eigenvalue weighted by Gasteiger charge is -2.44. The Morgan fingerprint density at radius 1 is 1.22 bits per heavy atom. The number of esters is 1. The minimum absolute atomic E-state index is 0.156. The van der Waals surface area contributed by atoms with E-state index < -0.39 is 50.5 Å². The predicted octanol–water partition coefficient (Wildman–Crippen LogP) is 3.45. The number of nitro groups is 1. The Morgan fingerprint density at radius 2 is 1.86 bits per heavy atom. The summed E-state index contributed by atoms with van der Waals surface area (Å²) in [5.41, 5.74) is 9.41. The van der Waals surface area contributed by atoms with Gasteiger partial charge >= 0.3 is 16.1 Å². The molecule has 2 aromatic rings. The predicted molar refractivity (Wildman–Crippen MR) is 131 cm³/mol. The van der Waals surface area contributed by atoms with Crippen LogP contribution < -0.4 is 0 Å². The van der Waals surface area contributed by atoms with Crippen molar-refractivity contribution in [3.05, 3.63) is 104 Å². The second kappa shape index (κ2) is 11.4. The smallest absolute Gasteiger partial charge is 0.358 e. The van der Waals surface area contributed by atoms with E-state index in [1.165, 1.54) is 37.3 Å². The number of ether oxygens (including phenoxy) is 1. The third-order valence-electron chi connectivity index (χ3n) is 5.13. The molecular weight excluding hydrogens is 506 g/mol. The number of amides is 1. The molecule has 0 spiro atoms. The van der Waals surface area contributed by atoms with Gasteiger partial charge in [-0.25, -0.2) is 4.79 Å². The van der Waals surface area contributed by atoms with Gasteiger partial charge in [-0.2, -0.15) is 8.42 Å². The molecule has 1 heterocycles. The Hall–Kier alpha value is -4.68. The van der Waals surface area contributed by atoms with Gasteiger partial charge in [-0.1, -0.05) is 47.6 Å². The van der Waals surface area contributed by atoms with Crippen LogP contribution in [0.5, 0.6) is 0 Å². The van der Waals surface area contributed by atoms with Crippen LogP contribution >= 0.6 is 0 Å². The van der Waals surface area contributed by atoms with Crippen molar-refractivity contribution in [1.29, 1.82) is 0 Å². The Morgan fingerprint density at radius 3 is 2.43 bits per heavy atom. The minimum Gasteiger partial charge on any atom is -0.456 e. The molecule has 2 aromatic carbocycles. The van der Waals surface area contributed by atoms with Gasteiger partial charge in [-0.05, 0) is 35.7 Å². The summed E-state index contributed by atoms with van der Waals surface area (Å²) in [4.78, 5) is 39.9. The van der Waals surface area contributed by atoms with E-state index in [2.05, 4.69) is 10.0 Å². The molecule has 1 saturated heterocycles. The Kier molecular flexibility index (Phi) is 8.27. The summed E-state index contributed by atoms with van der Waals surface area (Å²) in [5, 5.41) is 14.3. The highest BCUT2D eigenvalue weighted by molar-refractivity contribution is 7.86. The van der Waals surface area contributed by atoms with E-state index >= 15 is 0 Å². The fraction of sp³-hybridized carbons (Fsp3) is 0.217. The fourth-order valence-corrected chi connectivity index (χ4v) is 4.03. The molecule has 0 aliphatic carbocycles. The number of azide groups is 1. The van der Waals surface area contributed by atoms with Crippen LogP contribution in [0.1, 0.15) is 18.1 Å². The number of carbonyl (C=O) groups excluding carboxylic acids is 2. The molecule has 13 nitrogen and oxygen atoms in total. The van der Waals surface area contributed by atoms with E-state index in [1.54, 1.807) is 30.3 Å². The molecular formula is C23H21N5O8S. The van der Waals surface area contributed by atoms with Crippen LogP contribution in [0, 0.1) is 10.1 Å². The summed E-state index contributed by atoms with van der Waals surface area (Å²) < 4.78 is 33.7. The highest BCUT2D eigenvalue weighted by atomic mass is 32.2. The summed E-state index contributed by atoms with van der Waals surface area (Å²) in [7, 11) is -4.08. The molecule has 3 rings (SSSR count). The SMILES string of the molecule is C/C(OS(C)(=O)=O)=C(/C(=O)OCc1ccc([N+](=O)[O-])cc1)N1C(=O)[C@H](N=[N+]=[N-])[C@@H]1/C=C/c1ccccc1. The molecule has 1 amide bonds. The van der Waals surface area contributed by atoms with Gasteiger partial charge in [-0.3, -0.25) is 19.8 Å². The molecule has 1 fully saturated rings. The number of carbonyl (C=O) groups is 2. The first-order valence-corrected chi connectivity index (χ1v) is 12.4. The van der Waals surface area contributed by atoms with Crippen molar-refractivity contribution in [1.82, 2.24) is 4.90 Å². The maximum atomic E-state index is 13.1. The standard InChI is InChI=1S/C23H21N5O8S/c1-15(36-37(2,33)34)21(23(30)35-14-17-8-11-18(12-9-17)28(31)32)27-19(20(22(27)29)25-26-24)13-10-16-6-4-3-5-7-16/h3-13,19-20H,14H2,1-2H3/b13-10+,21-15+/t19-,20+/m0/s1. The van der Waals surface area contributed by atoms with E-state index in [1.807, 2.05) is 6.07 Å². The number of hydrogen-bond acceptors (Lipinski definition) is 9. The molecule has 0 unspecified atom stereocenters. The number of rotatable bonds is 10. The van der Waals surface area contributed by atoms with E-state index in [0.717, 1.165) is 16.7 Å². The van der Waals surface area contributed by atoms with Crippen LogP contribution in [0.3, 0.4) is 0 Å². The highest BCUT2D eigenvalue weighted by Crippen LogP contribution is 2.32. The second-order valence-electron chi connectivity index (χ2n) is 7.81. The molecule has 14 heteroatoms. The molecule has 2 atom stereocenters. The molecule has 0 bridgehead atoms. The van der Waals surface area contributed by atoms with Crippen molar-refractivity contribution in [2.45, 2.75) is 25.6 Å². The summed E-state index contributed by atoms with van der Waals surface area (Å²) in [6.45, 7) is 0.842. The van der Waals surface area contributed by atoms with E-state index in [4.69, 9.17) is 14.5 Å². The molecule has 0 N–H and O–H groups in total. The summed E-state index contributed by atoms with van der Waals surface area (Å²) in [5.74, 6) is -2.29. The van der Waals surface area contributed by atoms with E-state index in [-0.39, 0.29) is 12.3 Å². The molecule has 1 aliphatic rings. The molecule has 0 saturated carbocycles. The Labute approximate surface area is 211 Å². The van der Waals surface area contributed by atoms with Crippen LogP contribution in [0.2, 0.25) is 0 Å². The number of β-lactam (4-membered cyclic amide) rings is 1. The monoisotopic (exact) mass is 527 g/mol. The first kappa shape index (κ1) is 26.9. The zero-order valence-electron chi connectivity index (χ0n) is 19.6. The number of allylic oxidation sites excluding steroid dienone is 1. The first-order chi connectivity index (χ1) is 17.5. The summed E-state index contributed by atoms with van der Waals surface area (Å²) >= 11 is 0. The molecule has 0 aromatic heterocycles. The van der Waals surface area contributed by atoms with Crippen molar-refractivity contribution in [3.63, 3.8) is 0 Å². The van der Waals surface area contributed by atoms with Crippen LogP contribution in [0.25, 0.3) is 16.5 Å². The Balaban J connectivity index is 1.94. The van der Waals surface area contributed by atoms with Gasteiger partial charge < -0.3 is 8.92 Å². The van der Waals surface area contributed by atoms with Crippen molar-refractivity contribution in [2.24, 2.45) is 5.11 Å². The third-order valence-corrected chi connectivity index (χ3v) is 5.69. The van der Waals surface area contributed by atoms with Gasteiger partial charge in [0.25, 0.3) is 5.69 Å². The maximum absolute atomic E-state index is 13.1. The van der Waals surface area contributed by atoms with Crippen molar-refractivity contribution >= 4 is 33.8 Å². The lowest BCUT2D eigenvalue weighted by Crippen LogP contribution is -2.63. The highest BCUT2D eigenvalue weighted by Gasteiger charge is 2.50. The second-order valence-corrected chi connectivity index (χ2v) is 9.39. The van der Waals surface area contributed by atoms with Gasteiger partial charge in [0.2, 0.25) is 5.91 Å². The molecule has 0 radical (unpaired) electrons. The number of likely N-dealkylation sites (tertiary alicyclic amines) is 1. The summed E-state index contributed by atoms with van der Waals surface area (Å²) in [6, 6.07) is 12.1. The number of hydrogen-bond donors (Lipinski definition) is 0. The maximum Gasteiger partial charge on any atom is 0.358 e. The van der Waals surface area contributed by atoms with Crippen LogP contribution in [-0.2, 0) is 35.2 Å². The largest absolute Gasteiger partial charge is 0.456 e. The molecule has 192 valence electrons. The summed E-state index contributed by atoms with van der Waals surface area (Å²) in [6.07, 6.45) is 3.95. The third kappa shape index (κ3) is 6.72. The van der Waals surface area contributed by atoms with Gasteiger partial charge in [0.15, 0.2) is 5.70 Å². The van der Waals surface area contributed by atoms with Gasteiger partial charge in [0.05, 0.1) is 17.2 Å². The van der Waals surface area contributed by atoms with E-state index in [9.17, 15) is 28.1 Å². The molecule has 1 aliphatic heterocycles. The fourth-order valence-electron chi connectivity index (χ4n) is 3.50. The van der Waals surface area contributed by atoms with Crippen molar-refractivity contribution in [2.75, 3.05) is 6.26 Å². The van der Waals surface area contributed by atoms with Gasteiger partial charge in [0, 0.05) is 17.0 Å². The van der Waals surface area contributed by atoms with Crippen molar-refractivity contribution < 1.29 is 31.9 Å². The number of nitrogens with zero attached hydrogens (tertiary/aromatic N) is 5. The zero-order valence-corrected chi connectivity index (χ0v) is 20.4. The van der Waals surface area contributed by atoms with Gasteiger partial charge in [-0.15, -0.1) is 0 Å². The van der Waals surface area contributed by atoms with Crippen LogP contribution in [0.4, 0.5) is 5.69 Å². The zero-order chi connectivity index (χ0) is 27.2. The lowest BCUT2D eigenvalue weighted by molar-refractivity contribution is -0.384.